The van der Waals surface area contributed by atoms with Crippen molar-refractivity contribution in [2.45, 2.75) is 33.6 Å². The van der Waals surface area contributed by atoms with Gasteiger partial charge in [-0.1, -0.05) is 54.6 Å². The van der Waals surface area contributed by atoms with Crippen molar-refractivity contribution in [3.8, 4) is 11.5 Å². The van der Waals surface area contributed by atoms with Gasteiger partial charge >= 0.3 is 21.7 Å². The zero-order valence-corrected chi connectivity index (χ0v) is 23.9. The zero-order valence-electron chi connectivity index (χ0n) is 20.0. The molecule has 0 saturated heterocycles. The Morgan fingerprint density at radius 2 is 1.09 bits per heavy atom. The first-order chi connectivity index (χ1) is 15.4. The van der Waals surface area contributed by atoms with Crippen molar-refractivity contribution >= 4 is 32.9 Å². The molecule has 0 atom stereocenters. The Kier molecular flexibility index (Phi) is 9.49. The van der Waals surface area contributed by atoms with E-state index in [0.717, 1.165) is 59.8 Å². The molecule has 35 heavy (non-hydrogen) atoms. The van der Waals surface area contributed by atoms with E-state index < -0.39 is 0 Å². The van der Waals surface area contributed by atoms with Crippen molar-refractivity contribution < 1.29 is 56.7 Å². The van der Waals surface area contributed by atoms with Crippen LogP contribution < -0.4 is 24.8 Å². The quantitative estimate of drug-likeness (QED) is 0.333. The summed E-state index contributed by atoms with van der Waals surface area (Å²) < 4.78 is 0. The van der Waals surface area contributed by atoms with Crippen LogP contribution in [0, 0.1) is 27.7 Å². The summed E-state index contributed by atoms with van der Waals surface area (Å²) in [4.78, 5) is 1.09. The molecule has 0 unspecified atom stereocenters. The minimum absolute atomic E-state index is 0. The van der Waals surface area contributed by atoms with Crippen molar-refractivity contribution in [1.29, 1.82) is 0 Å². The number of hydrogen-bond acceptors (Lipinski definition) is 3. The molecule has 1 heterocycles. The minimum Gasteiger partial charge on any atom is -1.00 e. The topological polar surface area (TPSA) is 40.5 Å². The largest absolute Gasteiger partial charge is 2.00 e. The first kappa shape index (κ1) is 29.2. The van der Waals surface area contributed by atoms with Crippen molar-refractivity contribution in [1.82, 2.24) is 0 Å². The fraction of sp³-hybridized carbons (Fsp3) is 0.172. The number of aromatic hydroxyl groups is 2. The summed E-state index contributed by atoms with van der Waals surface area (Å²) in [5.41, 5.74) is 5.98. The van der Waals surface area contributed by atoms with Crippen LogP contribution in [0.2, 0.25) is 0 Å². The standard InChI is InChI=1S/C29H26O2S.2ClH.Ti/c1-16-8-5-10-20-18(3)14-22(28(30)25(16)20)27(24-12-7-13-32-24)23-15-19(4)21-11-6-9-17(2)26(21)29(23)31;;;/h5-15,27,30-31H,1-4H3;2*1H;/q;;;+2/p-2. The summed E-state index contributed by atoms with van der Waals surface area (Å²) in [6.45, 7) is 8.25. The van der Waals surface area contributed by atoms with Crippen LogP contribution in [-0.2, 0) is 21.7 Å². The smallest absolute Gasteiger partial charge is 1.00 e. The summed E-state index contributed by atoms with van der Waals surface area (Å²) >= 11 is 1.65. The summed E-state index contributed by atoms with van der Waals surface area (Å²) in [7, 11) is 0. The number of thiophene rings is 1. The number of rotatable bonds is 3. The van der Waals surface area contributed by atoms with Gasteiger partial charge in [0, 0.05) is 26.8 Å². The van der Waals surface area contributed by atoms with E-state index in [1.165, 1.54) is 0 Å². The van der Waals surface area contributed by atoms with Gasteiger partial charge in [-0.3, -0.25) is 0 Å². The van der Waals surface area contributed by atoms with Crippen LogP contribution in [0.4, 0.5) is 0 Å². The van der Waals surface area contributed by atoms with Crippen LogP contribution in [0.15, 0.2) is 66.0 Å². The van der Waals surface area contributed by atoms with E-state index in [1.54, 1.807) is 11.3 Å². The summed E-state index contributed by atoms with van der Waals surface area (Å²) in [5.74, 6) is 0.327. The van der Waals surface area contributed by atoms with Crippen LogP contribution in [-0.4, -0.2) is 10.2 Å². The third-order valence-corrected chi connectivity index (χ3v) is 7.55. The Hall–Kier alpha value is -2.01. The molecule has 2 N–H and O–H groups in total. The van der Waals surface area contributed by atoms with Crippen molar-refractivity contribution in [2.75, 3.05) is 0 Å². The molecular formula is C29H26Cl2O2STi. The molecule has 0 aliphatic carbocycles. The molecule has 6 heteroatoms. The van der Waals surface area contributed by atoms with Gasteiger partial charge in [-0.25, -0.2) is 0 Å². The van der Waals surface area contributed by atoms with E-state index in [2.05, 4.69) is 49.6 Å². The Labute approximate surface area is 237 Å². The van der Waals surface area contributed by atoms with E-state index in [4.69, 9.17) is 0 Å². The second-order valence-corrected chi connectivity index (χ2v) is 9.69. The summed E-state index contributed by atoms with van der Waals surface area (Å²) in [6.07, 6.45) is 0. The van der Waals surface area contributed by atoms with Gasteiger partial charge in [0.05, 0.1) is 5.92 Å². The normalized spacial score (nSPS) is 10.7. The molecular weight excluding hydrogens is 531 g/mol. The maximum Gasteiger partial charge on any atom is 2.00 e. The van der Waals surface area contributed by atoms with Crippen molar-refractivity contribution in [2.24, 2.45) is 0 Å². The average Bonchev–Trinajstić information content (AvgIpc) is 3.29. The molecule has 0 fully saturated rings. The summed E-state index contributed by atoms with van der Waals surface area (Å²) in [5, 5.41) is 29.0. The Balaban J connectivity index is 0.00000144. The molecule has 0 spiro atoms. The van der Waals surface area contributed by atoms with E-state index in [1.807, 2.05) is 44.2 Å². The Morgan fingerprint density at radius 1 is 0.629 bits per heavy atom. The van der Waals surface area contributed by atoms with Gasteiger partial charge in [-0.15, -0.1) is 11.3 Å². The van der Waals surface area contributed by atoms with Gasteiger partial charge < -0.3 is 35.0 Å². The van der Waals surface area contributed by atoms with E-state index in [9.17, 15) is 10.2 Å². The fourth-order valence-electron chi connectivity index (χ4n) is 5.04. The van der Waals surface area contributed by atoms with E-state index >= 15 is 0 Å². The number of benzene rings is 4. The number of phenols is 2. The SMILES string of the molecule is Cc1cc(C(c2cccs2)c2cc(C)c3cccc(C)c3c2O)c(O)c2c(C)cccc12.[Cl-].[Cl-].[Ti+2]. The number of fused-ring (bicyclic) bond motifs is 2. The van der Waals surface area contributed by atoms with Crippen LogP contribution in [0.5, 0.6) is 11.5 Å². The summed E-state index contributed by atoms with van der Waals surface area (Å²) in [6, 6.07) is 20.5. The fourth-order valence-corrected chi connectivity index (χ4v) is 5.90. The molecule has 0 amide bonds. The molecule has 178 valence electrons. The molecule has 0 aliphatic heterocycles. The second-order valence-electron chi connectivity index (χ2n) is 8.71. The van der Waals surface area contributed by atoms with Crippen LogP contribution in [0.25, 0.3) is 21.5 Å². The maximum atomic E-state index is 11.5. The predicted octanol–water partition coefficient (Wildman–Crippen LogP) is 1.89. The maximum absolute atomic E-state index is 11.5. The van der Waals surface area contributed by atoms with Gasteiger partial charge in [0.15, 0.2) is 0 Å². The third kappa shape index (κ3) is 4.86. The molecule has 0 saturated carbocycles. The zero-order chi connectivity index (χ0) is 22.6. The van der Waals surface area contributed by atoms with Gasteiger partial charge in [-0.2, -0.15) is 0 Å². The number of hydrogen-bond donors (Lipinski definition) is 2. The molecule has 5 rings (SSSR count). The minimum atomic E-state index is -0.264. The number of phenolic OH excluding ortho intramolecular Hbond substituents is 2. The van der Waals surface area contributed by atoms with Gasteiger partial charge in [0.1, 0.15) is 11.5 Å². The molecule has 0 aliphatic rings. The van der Waals surface area contributed by atoms with Crippen molar-refractivity contribution in [3.63, 3.8) is 0 Å². The van der Waals surface area contributed by atoms with Gasteiger partial charge in [0.25, 0.3) is 0 Å². The molecule has 1 aromatic heterocycles. The van der Waals surface area contributed by atoms with E-state index in [-0.39, 0.29) is 52.4 Å². The molecule has 4 aromatic carbocycles. The number of aryl methyl sites for hydroxylation is 4. The van der Waals surface area contributed by atoms with Crippen LogP contribution >= 0.6 is 11.3 Å². The Morgan fingerprint density at radius 3 is 1.49 bits per heavy atom. The Bertz CT molecular complexity index is 1400. The van der Waals surface area contributed by atoms with Gasteiger partial charge in [-0.05, 0) is 72.2 Å². The second kappa shape index (κ2) is 11.4. The first-order valence-electron chi connectivity index (χ1n) is 10.9. The third-order valence-electron chi connectivity index (χ3n) is 6.61. The average molecular weight is 557 g/mol. The van der Waals surface area contributed by atoms with Gasteiger partial charge in [0.2, 0.25) is 0 Å². The first-order valence-corrected chi connectivity index (χ1v) is 11.7. The molecule has 2 nitrogen and oxygen atoms in total. The van der Waals surface area contributed by atoms with E-state index in [0.29, 0.717) is 11.5 Å². The monoisotopic (exact) mass is 556 g/mol. The molecule has 0 bridgehead atoms. The number of halogens is 2. The molecule has 5 aromatic rings. The predicted molar refractivity (Wildman–Crippen MR) is 135 cm³/mol. The van der Waals surface area contributed by atoms with Crippen LogP contribution in [0.1, 0.15) is 44.2 Å². The molecule has 0 radical (unpaired) electrons. The van der Waals surface area contributed by atoms with Crippen molar-refractivity contribution in [3.05, 3.63) is 104 Å². The van der Waals surface area contributed by atoms with Crippen LogP contribution in [0.3, 0.4) is 0 Å².